The molecule has 2 aromatic carbocycles. The molecule has 1 amide bonds. The largest absolute Gasteiger partial charge is 0.345 e. The molecule has 0 aliphatic rings. The Bertz CT molecular complexity index is 766. The first-order valence-electron chi connectivity index (χ1n) is 8.39. The van der Waals surface area contributed by atoms with Crippen LogP contribution in [0.3, 0.4) is 0 Å². The fraction of sp³-hybridized carbons (Fsp3) is 0.300. The van der Waals surface area contributed by atoms with Gasteiger partial charge in [-0.15, -0.1) is 0 Å². The summed E-state index contributed by atoms with van der Waals surface area (Å²) in [5, 5.41) is 7.02. The summed E-state index contributed by atoms with van der Waals surface area (Å²) >= 11 is 12.1. The van der Waals surface area contributed by atoms with E-state index in [-0.39, 0.29) is 24.3 Å². The van der Waals surface area contributed by atoms with Gasteiger partial charge < -0.3 is 10.6 Å². The van der Waals surface area contributed by atoms with Gasteiger partial charge in [0.15, 0.2) is 5.78 Å². The Hall–Kier alpha value is -1.88. The first-order chi connectivity index (χ1) is 12.4. The van der Waals surface area contributed by atoms with Gasteiger partial charge in [-0.1, -0.05) is 59.6 Å². The van der Waals surface area contributed by atoms with Gasteiger partial charge in [-0.05, 0) is 43.5 Å². The van der Waals surface area contributed by atoms with Crippen LogP contribution in [0.2, 0.25) is 10.0 Å². The van der Waals surface area contributed by atoms with Crippen LogP contribution in [0.15, 0.2) is 48.5 Å². The average molecular weight is 393 g/mol. The lowest BCUT2D eigenvalue weighted by Gasteiger charge is -2.19. The number of benzene rings is 2. The SMILES string of the molecule is CC(=O)[C@@H](Cc1ccccc1)NC(=O)CN[C@@H](C)c1ccc(Cl)cc1Cl. The number of carbonyl (C=O) groups is 2. The van der Waals surface area contributed by atoms with Gasteiger partial charge in [0, 0.05) is 16.1 Å². The highest BCUT2D eigenvalue weighted by molar-refractivity contribution is 6.35. The fourth-order valence-corrected chi connectivity index (χ4v) is 3.17. The third-order valence-corrected chi connectivity index (χ3v) is 4.67. The van der Waals surface area contributed by atoms with Crippen molar-refractivity contribution >= 4 is 34.9 Å². The smallest absolute Gasteiger partial charge is 0.234 e. The van der Waals surface area contributed by atoms with E-state index in [4.69, 9.17) is 23.2 Å². The van der Waals surface area contributed by atoms with Gasteiger partial charge in [0.2, 0.25) is 5.91 Å². The van der Waals surface area contributed by atoms with Crippen molar-refractivity contribution in [3.63, 3.8) is 0 Å². The van der Waals surface area contributed by atoms with Crippen LogP contribution in [0.4, 0.5) is 0 Å². The summed E-state index contributed by atoms with van der Waals surface area (Å²) in [6.07, 6.45) is 0.473. The Morgan fingerprint density at radius 1 is 1.08 bits per heavy atom. The molecule has 2 rings (SSSR count). The molecule has 2 N–H and O–H groups in total. The van der Waals surface area contributed by atoms with E-state index in [0.717, 1.165) is 11.1 Å². The van der Waals surface area contributed by atoms with Crippen LogP contribution in [0.5, 0.6) is 0 Å². The Balaban J connectivity index is 1.90. The van der Waals surface area contributed by atoms with Gasteiger partial charge in [0.1, 0.15) is 0 Å². The van der Waals surface area contributed by atoms with Gasteiger partial charge in [0.25, 0.3) is 0 Å². The van der Waals surface area contributed by atoms with Crippen molar-refractivity contribution in [3.05, 3.63) is 69.7 Å². The van der Waals surface area contributed by atoms with E-state index in [1.54, 1.807) is 12.1 Å². The zero-order valence-corrected chi connectivity index (χ0v) is 16.3. The van der Waals surface area contributed by atoms with E-state index in [9.17, 15) is 9.59 Å². The number of carbonyl (C=O) groups excluding carboxylic acids is 2. The summed E-state index contributed by atoms with van der Waals surface area (Å²) in [5.41, 5.74) is 1.86. The molecule has 0 spiro atoms. The minimum atomic E-state index is -0.541. The summed E-state index contributed by atoms with van der Waals surface area (Å²) in [7, 11) is 0. The third kappa shape index (κ3) is 6.13. The molecule has 0 bridgehead atoms. The molecule has 0 unspecified atom stereocenters. The van der Waals surface area contributed by atoms with E-state index in [0.29, 0.717) is 16.5 Å². The molecule has 4 nitrogen and oxygen atoms in total. The van der Waals surface area contributed by atoms with Crippen LogP contribution in [0, 0.1) is 0 Å². The van der Waals surface area contributed by atoms with Crippen molar-refractivity contribution in [3.8, 4) is 0 Å². The van der Waals surface area contributed by atoms with E-state index in [1.807, 2.05) is 43.3 Å². The Morgan fingerprint density at radius 2 is 1.77 bits per heavy atom. The van der Waals surface area contributed by atoms with Crippen molar-refractivity contribution in [1.82, 2.24) is 10.6 Å². The summed E-state index contributed by atoms with van der Waals surface area (Å²) in [5.74, 6) is -0.311. The molecule has 0 fully saturated rings. The Morgan fingerprint density at radius 3 is 2.38 bits per heavy atom. The number of rotatable bonds is 8. The lowest BCUT2D eigenvalue weighted by atomic mass is 10.0. The van der Waals surface area contributed by atoms with E-state index >= 15 is 0 Å². The average Bonchev–Trinajstić information content (AvgIpc) is 2.60. The van der Waals surface area contributed by atoms with Crippen molar-refractivity contribution in [1.29, 1.82) is 0 Å². The highest BCUT2D eigenvalue weighted by Crippen LogP contribution is 2.25. The Labute approximate surface area is 163 Å². The number of amides is 1. The first-order valence-corrected chi connectivity index (χ1v) is 9.14. The molecule has 0 saturated carbocycles. The van der Waals surface area contributed by atoms with E-state index in [1.165, 1.54) is 6.92 Å². The zero-order chi connectivity index (χ0) is 19.1. The van der Waals surface area contributed by atoms with Crippen LogP contribution in [-0.4, -0.2) is 24.3 Å². The quantitative estimate of drug-likeness (QED) is 0.714. The molecule has 138 valence electrons. The van der Waals surface area contributed by atoms with Gasteiger partial charge in [-0.2, -0.15) is 0 Å². The maximum atomic E-state index is 12.2. The zero-order valence-electron chi connectivity index (χ0n) is 14.8. The number of halogens is 2. The number of ketones is 1. The second-order valence-electron chi connectivity index (χ2n) is 6.19. The lowest BCUT2D eigenvalue weighted by molar-refractivity contribution is -0.126. The molecule has 0 aromatic heterocycles. The Kier molecular flexibility index (Phi) is 7.64. The topological polar surface area (TPSA) is 58.2 Å². The molecule has 2 atom stereocenters. The minimum absolute atomic E-state index is 0.0732. The van der Waals surface area contributed by atoms with Crippen LogP contribution < -0.4 is 10.6 Å². The highest BCUT2D eigenvalue weighted by Gasteiger charge is 2.18. The maximum absolute atomic E-state index is 12.2. The molecule has 26 heavy (non-hydrogen) atoms. The molecular formula is C20H22Cl2N2O2. The monoisotopic (exact) mass is 392 g/mol. The summed E-state index contributed by atoms with van der Waals surface area (Å²) < 4.78 is 0. The molecule has 0 radical (unpaired) electrons. The van der Waals surface area contributed by atoms with Crippen molar-refractivity contribution in [2.75, 3.05) is 6.54 Å². The first kappa shape index (κ1) is 20.4. The van der Waals surface area contributed by atoms with Gasteiger partial charge in [-0.3, -0.25) is 9.59 Å². The molecule has 6 heteroatoms. The third-order valence-electron chi connectivity index (χ3n) is 4.11. The van der Waals surface area contributed by atoms with Crippen molar-refractivity contribution in [2.45, 2.75) is 32.4 Å². The van der Waals surface area contributed by atoms with Crippen LogP contribution >= 0.6 is 23.2 Å². The maximum Gasteiger partial charge on any atom is 0.234 e. The van der Waals surface area contributed by atoms with Crippen molar-refractivity contribution in [2.24, 2.45) is 0 Å². The minimum Gasteiger partial charge on any atom is -0.345 e. The van der Waals surface area contributed by atoms with Gasteiger partial charge in [0.05, 0.1) is 12.6 Å². The lowest BCUT2D eigenvalue weighted by Crippen LogP contribution is -2.45. The summed E-state index contributed by atoms with van der Waals surface area (Å²) in [6.45, 7) is 3.48. The summed E-state index contributed by atoms with van der Waals surface area (Å²) in [6, 6.07) is 14.2. The van der Waals surface area contributed by atoms with E-state index < -0.39 is 6.04 Å². The predicted molar refractivity (Wildman–Crippen MR) is 106 cm³/mol. The number of nitrogens with one attached hydrogen (secondary N) is 2. The summed E-state index contributed by atoms with van der Waals surface area (Å²) in [4.78, 5) is 24.1. The van der Waals surface area contributed by atoms with Crippen LogP contribution in [-0.2, 0) is 16.0 Å². The fourth-order valence-electron chi connectivity index (χ4n) is 2.60. The number of hydrogen-bond donors (Lipinski definition) is 2. The standard InChI is InChI=1S/C20H22Cl2N2O2/c1-13(17-9-8-16(21)11-18(17)22)23-12-20(26)24-19(14(2)25)10-15-6-4-3-5-7-15/h3-9,11,13,19,23H,10,12H2,1-2H3,(H,24,26)/t13-,19+/m0/s1. The van der Waals surface area contributed by atoms with Gasteiger partial charge in [-0.25, -0.2) is 0 Å². The molecule has 0 aliphatic heterocycles. The molecule has 0 aliphatic carbocycles. The van der Waals surface area contributed by atoms with Crippen molar-refractivity contribution < 1.29 is 9.59 Å². The molecule has 0 saturated heterocycles. The number of Topliss-reactive ketones (excluding diaryl/α,β-unsaturated/α-hetero) is 1. The second kappa shape index (κ2) is 9.72. The number of hydrogen-bond acceptors (Lipinski definition) is 3. The second-order valence-corrected chi connectivity index (χ2v) is 7.03. The normalized spacial score (nSPS) is 13.1. The molecular weight excluding hydrogens is 371 g/mol. The highest BCUT2D eigenvalue weighted by atomic mass is 35.5. The predicted octanol–water partition coefficient (Wildman–Crippen LogP) is 3.96. The molecule has 0 heterocycles. The van der Waals surface area contributed by atoms with Gasteiger partial charge >= 0.3 is 0 Å². The van der Waals surface area contributed by atoms with E-state index in [2.05, 4.69) is 10.6 Å². The molecule has 2 aromatic rings. The van der Waals surface area contributed by atoms with Crippen LogP contribution in [0.1, 0.15) is 31.0 Å². The van der Waals surface area contributed by atoms with Crippen LogP contribution in [0.25, 0.3) is 0 Å².